The molecule has 0 aliphatic heterocycles. The number of methoxy groups -OCH3 is 1. The first kappa shape index (κ1) is 23.7. The van der Waals surface area contributed by atoms with E-state index in [1.54, 1.807) is 7.11 Å². The summed E-state index contributed by atoms with van der Waals surface area (Å²) in [7, 11) is 1.63. The van der Waals surface area contributed by atoms with Gasteiger partial charge in [0.25, 0.3) is 5.91 Å². The Bertz CT molecular complexity index is 1080. The third-order valence-electron chi connectivity index (χ3n) is 8.71. The quantitative estimate of drug-likeness (QED) is 0.657. The fourth-order valence-electron chi connectivity index (χ4n) is 6.83. The van der Waals surface area contributed by atoms with Crippen LogP contribution < -0.4 is 10.1 Å². The molecule has 1 N–H and O–H groups in total. The number of benzene rings is 1. The van der Waals surface area contributed by atoms with Gasteiger partial charge < -0.3 is 19.5 Å². The average molecular weight is 454 g/mol. The summed E-state index contributed by atoms with van der Waals surface area (Å²) in [6, 6.07) is 5.90. The van der Waals surface area contributed by atoms with E-state index < -0.39 is 0 Å². The highest BCUT2D eigenvalue weighted by Gasteiger charge is 2.59. The van der Waals surface area contributed by atoms with Crippen LogP contribution in [0.15, 0.2) is 18.2 Å². The number of hydrogen-bond donors (Lipinski definition) is 1. The molecule has 4 rings (SSSR count). The molecule has 1 aromatic heterocycles. The largest absolute Gasteiger partial charge is 0.495 e. The van der Waals surface area contributed by atoms with Gasteiger partial charge in [-0.2, -0.15) is 0 Å². The van der Waals surface area contributed by atoms with Gasteiger partial charge in [0.1, 0.15) is 12.3 Å². The predicted molar refractivity (Wildman–Crippen MR) is 132 cm³/mol. The Balaban J connectivity index is 1.76. The van der Waals surface area contributed by atoms with Gasteiger partial charge in [-0.25, -0.2) is 0 Å². The van der Waals surface area contributed by atoms with E-state index in [0.717, 1.165) is 16.6 Å². The van der Waals surface area contributed by atoms with Gasteiger partial charge >= 0.3 is 0 Å². The van der Waals surface area contributed by atoms with E-state index in [4.69, 9.17) is 4.74 Å². The normalized spacial score (nSPS) is 25.4. The van der Waals surface area contributed by atoms with E-state index in [1.165, 1.54) is 19.3 Å². The second-order valence-corrected chi connectivity index (χ2v) is 10.8. The maximum atomic E-state index is 13.8. The van der Waals surface area contributed by atoms with Gasteiger partial charge in [-0.05, 0) is 62.8 Å². The summed E-state index contributed by atoms with van der Waals surface area (Å²) < 4.78 is 7.61. The Labute approximate surface area is 197 Å². The van der Waals surface area contributed by atoms with Crippen LogP contribution in [0.1, 0.15) is 69.9 Å². The summed E-state index contributed by atoms with van der Waals surface area (Å²) in [4.78, 5) is 28.7. The summed E-state index contributed by atoms with van der Waals surface area (Å²) in [6.45, 7) is 14.4. The van der Waals surface area contributed by atoms with Gasteiger partial charge in [0, 0.05) is 30.2 Å². The molecule has 0 spiro atoms. The molecule has 6 nitrogen and oxygen atoms in total. The van der Waals surface area contributed by atoms with Crippen molar-refractivity contribution in [2.45, 2.75) is 73.4 Å². The first-order valence-electron chi connectivity index (χ1n) is 12.3. The zero-order chi connectivity index (χ0) is 24.1. The number of carbonyl (C=O) groups excluding carboxylic acids is 2. The molecule has 33 heavy (non-hydrogen) atoms. The Morgan fingerprint density at radius 1 is 1.21 bits per heavy atom. The third kappa shape index (κ3) is 3.62. The van der Waals surface area contributed by atoms with E-state index in [1.807, 2.05) is 48.4 Å². The molecule has 2 aromatic rings. The van der Waals surface area contributed by atoms with Crippen LogP contribution in [0.5, 0.6) is 5.75 Å². The fraction of sp³-hybridized carbons (Fsp3) is 0.630. The average Bonchev–Trinajstić information content (AvgIpc) is 3.36. The third-order valence-corrected chi connectivity index (χ3v) is 8.71. The van der Waals surface area contributed by atoms with Crippen molar-refractivity contribution >= 4 is 22.7 Å². The van der Waals surface area contributed by atoms with Gasteiger partial charge in [0.2, 0.25) is 5.91 Å². The van der Waals surface area contributed by atoms with Crippen LogP contribution in [0.3, 0.4) is 0 Å². The van der Waals surface area contributed by atoms with Crippen molar-refractivity contribution in [1.82, 2.24) is 14.8 Å². The number of nitrogens with one attached hydrogen (secondary N) is 1. The molecule has 0 radical (unpaired) electrons. The van der Waals surface area contributed by atoms with Crippen LogP contribution in [-0.2, 0) is 11.3 Å². The van der Waals surface area contributed by atoms with Gasteiger partial charge in [0.05, 0.1) is 18.2 Å². The topological polar surface area (TPSA) is 63.6 Å². The number of para-hydroxylation sites is 1. The van der Waals surface area contributed by atoms with Crippen LogP contribution >= 0.6 is 0 Å². The van der Waals surface area contributed by atoms with E-state index in [9.17, 15) is 9.59 Å². The van der Waals surface area contributed by atoms with E-state index in [2.05, 4.69) is 26.1 Å². The minimum atomic E-state index is -0.0494. The van der Waals surface area contributed by atoms with Crippen LogP contribution in [0, 0.1) is 23.7 Å². The van der Waals surface area contributed by atoms with Crippen LogP contribution in [-0.4, -0.2) is 47.5 Å². The first-order valence-corrected chi connectivity index (χ1v) is 12.3. The van der Waals surface area contributed by atoms with E-state index in [-0.39, 0.29) is 35.2 Å². The zero-order valence-corrected chi connectivity index (χ0v) is 21.2. The minimum Gasteiger partial charge on any atom is -0.495 e. The number of likely N-dealkylation sites (N-methyl/N-ethyl adjacent to an activating group) is 1. The second-order valence-electron chi connectivity index (χ2n) is 10.8. The predicted octanol–water partition coefficient (Wildman–Crippen LogP) is 4.77. The number of amides is 2. The molecule has 180 valence electrons. The fourth-order valence-corrected chi connectivity index (χ4v) is 6.83. The summed E-state index contributed by atoms with van der Waals surface area (Å²) in [5.74, 6) is 1.32. The lowest BCUT2D eigenvalue weighted by Gasteiger charge is -2.43. The number of aromatic nitrogens is 1. The molecule has 2 aliphatic rings. The zero-order valence-electron chi connectivity index (χ0n) is 21.2. The number of rotatable bonds is 7. The monoisotopic (exact) mass is 453 g/mol. The molecular formula is C27H39N3O3. The molecule has 2 amide bonds. The Morgan fingerprint density at radius 2 is 1.91 bits per heavy atom. The first-order chi connectivity index (χ1) is 15.6. The van der Waals surface area contributed by atoms with Gasteiger partial charge in [-0.15, -0.1) is 0 Å². The van der Waals surface area contributed by atoms with E-state index in [0.29, 0.717) is 30.3 Å². The Kier molecular flexibility index (Phi) is 6.00. The summed E-state index contributed by atoms with van der Waals surface area (Å²) in [5, 5.41) is 4.29. The molecule has 3 atom stereocenters. The highest BCUT2D eigenvalue weighted by atomic mass is 16.5. The molecule has 2 saturated carbocycles. The highest BCUT2D eigenvalue weighted by molar-refractivity contribution is 6.10. The van der Waals surface area contributed by atoms with Crippen molar-refractivity contribution in [1.29, 1.82) is 0 Å². The molecule has 2 fully saturated rings. The highest BCUT2D eigenvalue weighted by Crippen LogP contribution is 2.62. The second kappa shape index (κ2) is 8.37. The maximum absolute atomic E-state index is 13.8. The summed E-state index contributed by atoms with van der Waals surface area (Å²) >= 11 is 0. The number of nitrogens with zero attached hydrogens (tertiary/aromatic N) is 2. The van der Waals surface area contributed by atoms with Crippen molar-refractivity contribution in [2.24, 2.45) is 16.7 Å². The lowest BCUT2D eigenvalue weighted by atomic mass is 9.68. The molecular weight excluding hydrogens is 414 g/mol. The van der Waals surface area contributed by atoms with Crippen molar-refractivity contribution < 1.29 is 14.3 Å². The van der Waals surface area contributed by atoms with Crippen LogP contribution in [0.2, 0.25) is 0 Å². The lowest BCUT2D eigenvalue weighted by Crippen LogP contribution is -2.52. The van der Waals surface area contributed by atoms with Crippen molar-refractivity contribution in [3.63, 3.8) is 0 Å². The molecule has 2 bridgehead atoms. The van der Waals surface area contributed by atoms with E-state index >= 15 is 0 Å². The molecule has 2 unspecified atom stereocenters. The molecule has 6 heteroatoms. The number of fused-ring (bicyclic) bond motifs is 3. The van der Waals surface area contributed by atoms with Crippen LogP contribution in [0.4, 0.5) is 0 Å². The smallest absolute Gasteiger partial charge is 0.253 e. The standard InChI is InChI=1S/C27H39N3O3/c1-8-29(9-2)21(31)16-30-17(3)22(19-11-10-12-20(33-7)23(19)30)24(32)28-25-26(4,5)18-13-14-27(25,6)15-18/h10-12,18,25H,8-9,13-16H2,1-7H3,(H,28,32)/t18-,25?,27?/m1/s1. The summed E-state index contributed by atoms with van der Waals surface area (Å²) in [6.07, 6.45) is 3.59. The Morgan fingerprint density at radius 3 is 2.48 bits per heavy atom. The van der Waals surface area contributed by atoms with Gasteiger partial charge in [-0.1, -0.05) is 32.9 Å². The maximum Gasteiger partial charge on any atom is 0.253 e. The SMILES string of the molecule is CCN(CC)C(=O)Cn1c(C)c(C(=O)NC2C3(C)CC[C@H](C3)C2(C)C)c2cccc(OC)c21. The molecule has 0 saturated heterocycles. The molecule has 1 heterocycles. The molecule has 2 aliphatic carbocycles. The molecule has 1 aromatic carbocycles. The minimum absolute atomic E-state index is 0.0413. The number of hydrogen-bond acceptors (Lipinski definition) is 3. The Hall–Kier alpha value is -2.50. The van der Waals surface area contributed by atoms with Crippen molar-refractivity contribution in [3.8, 4) is 5.75 Å². The van der Waals surface area contributed by atoms with Crippen LogP contribution in [0.25, 0.3) is 10.9 Å². The van der Waals surface area contributed by atoms with Gasteiger partial charge in [0.15, 0.2) is 0 Å². The number of ether oxygens (including phenoxy) is 1. The van der Waals surface area contributed by atoms with Crippen molar-refractivity contribution in [2.75, 3.05) is 20.2 Å². The summed E-state index contributed by atoms with van der Waals surface area (Å²) in [5.41, 5.74) is 2.48. The van der Waals surface area contributed by atoms with Gasteiger partial charge in [-0.3, -0.25) is 9.59 Å². The number of carbonyl (C=O) groups is 2. The lowest BCUT2D eigenvalue weighted by molar-refractivity contribution is -0.131. The van der Waals surface area contributed by atoms with Crippen molar-refractivity contribution in [3.05, 3.63) is 29.5 Å².